The number of nitrogens with zero attached hydrogens (tertiary/aromatic N) is 3. The summed E-state index contributed by atoms with van der Waals surface area (Å²) >= 11 is 0. The van der Waals surface area contributed by atoms with Crippen LogP contribution in [0.25, 0.3) is 0 Å². The number of ether oxygens (including phenoxy) is 1. The number of methoxy groups -OCH3 is 1. The van der Waals surface area contributed by atoms with Crippen molar-refractivity contribution in [3.63, 3.8) is 0 Å². The Balaban J connectivity index is 2.00. The Morgan fingerprint density at radius 2 is 2.20 bits per heavy atom. The minimum Gasteiger partial charge on any atom is -0.496 e. The van der Waals surface area contributed by atoms with E-state index in [-0.39, 0.29) is 6.03 Å². The van der Waals surface area contributed by atoms with Crippen LogP contribution in [0.2, 0.25) is 0 Å². The van der Waals surface area contributed by atoms with E-state index < -0.39 is 0 Å². The minimum absolute atomic E-state index is 0.191. The van der Waals surface area contributed by atoms with Gasteiger partial charge in [-0.05, 0) is 6.07 Å². The fraction of sp³-hybridized carbons (Fsp3) is 0.286. The highest BCUT2D eigenvalue weighted by atomic mass is 16.5. The predicted molar refractivity (Wildman–Crippen MR) is 76.7 cm³/mol. The maximum absolute atomic E-state index is 12.1. The summed E-state index contributed by atoms with van der Waals surface area (Å²) in [6.07, 6.45) is 3.35. The van der Waals surface area contributed by atoms with Gasteiger partial charge in [0.15, 0.2) is 0 Å². The Labute approximate surface area is 118 Å². The summed E-state index contributed by atoms with van der Waals surface area (Å²) in [5, 5.41) is 6.79. The molecular weight excluding hydrogens is 256 g/mol. The quantitative estimate of drug-likeness (QED) is 0.928. The van der Waals surface area contributed by atoms with E-state index in [1.807, 2.05) is 24.3 Å². The van der Waals surface area contributed by atoms with Crippen LogP contribution in [0.15, 0.2) is 36.7 Å². The summed E-state index contributed by atoms with van der Waals surface area (Å²) in [6.45, 7) is 0.468. The van der Waals surface area contributed by atoms with Crippen LogP contribution < -0.4 is 10.1 Å². The van der Waals surface area contributed by atoms with Gasteiger partial charge >= 0.3 is 6.03 Å². The second-order valence-electron chi connectivity index (χ2n) is 4.50. The highest BCUT2D eigenvalue weighted by molar-refractivity contribution is 5.88. The van der Waals surface area contributed by atoms with Gasteiger partial charge in [0.05, 0.1) is 25.5 Å². The maximum Gasteiger partial charge on any atom is 0.321 e. The van der Waals surface area contributed by atoms with Crippen LogP contribution in [-0.4, -0.2) is 34.9 Å². The molecule has 0 aliphatic rings. The van der Waals surface area contributed by atoms with Crippen LogP contribution in [0.5, 0.6) is 5.75 Å². The molecule has 20 heavy (non-hydrogen) atoms. The zero-order valence-corrected chi connectivity index (χ0v) is 11.8. The molecule has 0 unspecified atom stereocenters. The molecule has 1 aromatic carbocycles. The summed E-state index contributed by atoms with van der Waals surface area (Å²) in [5.74, 6) is 0.772. The molecule has 0 saturated carbocycles. The topological polar surface area (TPSA) is 59.4 Å². The normalized spacial score (nSPS) is 10.2. The van der Waals surface area contributed by atoms with E-state index in [0.717, 1.165) is 11.3 Å². The summed E-state index contributed by atoms with van der Waals surface area (Å²) in [7, 11) is 5.15. The first-order chi connectivity index (χ1) is 9.60. The lowest BCUT2D eigenvalue weighted by Gasteiger charge is -2.18. The van der Waals surface area contributed by atoms with Gasteiger partial charge in [0.25, 0.3) is 0 Å². The average Bonchev–Trinajstić information content (AvgIpc) is 2.84. The van der Waals surface area contributed by atoms with Crippen LogP contribution in [0.4, 0.5) is 10.5 Å². The first-order valence-corrected chi connectivity index (χ1v) is 6.23. The molecule has 1 aromatic heterocycles. The Morgan fingerprint density at radius 1 is 1.45 bits per heavy atom. The number of benzene rings is 1. The van der Waals surface area contributed by atoms with Crippen LogP contribution in [0.3, 0.4) is 0 Å². The summed E-state index contributed by atoms with van der Waals surface area (Å²) in [6, 6.07) is 7.45. The van der Waals surface area contributed by atoms with Crippen LogP contribution in [-0.2, 0) is 13.6 Å². The summed E-state index contributed by atoms with van der Waals surface area (Å²) in [5.41, 5.74) is 1.63. The molecule has 0 radical (unpaired) electrons. The Hall–Kier alpha value is -2.50. The van der Waals surface area contributed by atoms with E-state index in [2.05, 4.69) is 10.4 Å². The average molecular weight is 274 g/mol. The van der Waals surface area contributed by atoms with Gasteiger partial charge in [-0.15, -0.1) is 0 Å². The van der Waals surface area contributed by atoms with Crippen molar-refractivity contribution in [3.8, 4) is 5.75 Å². The van der Waals surface area contributed by atoms with Gasteiger partial charge in [0, 0.05) is 25.9 Å². The zero-order chi connectivity index (χ0) is 14.5. The number of nitrogens with one attached hydrogen (secondary N) is 1. The van der Waals surface area contributed by atoms with Crippen LogP contribution in [0, 0.1) is 0 Å². The van der Waals surface area contributed by atoms with Crippen LogP contribution >= 0.6 is 0 Å². The Morgan fingerprint density at radius 3 is 2.85 bits per heavy atom. The molecular formula is C14H18N4O2. The number of carbonyl (C=O) groups is 1. The van der Waals surface area contributed by atoms with E-state index in [1.165, 1.54) is 0 Å². The minimum atomic E-state index is -0.191. The predicted octanol–water partition coefficient (Wildman–Crippen LogP) is 2.09. The number of amides is 2. The molecule has 2 aromatic rings. The molecule has 6 nitrogen and oxygen atoms in total. The first kappa shape index (κ1) is 13.9. The molecule has 0 atom stereocenters. The van der Waals surface area contributed by atoms with Gasteiger partial charge in [0.2, 0.25) is 0 Å². The molecule has 2 amide bonds. The lowest BCUT2D eigenvalue weighted by atomic mass is 10.2. The Kier molecular flexibility index (Phi) is 4.24. The standard InChI is InChI=1S/C14H18N4O2/c1-17(9-11-6-4-5-7-13(11)20-3)14(19)16-12-8-15-18(2)10-12/h4-8,10H,9H2,1-3H3,(H,16,19). The fourth-order valence-electron chi connectivity index (χ4n) is 1.87. The van der Waals surface area contributed by atoms with Gasteiger partial charge < -0.3 is 15.0 Å². The number of anilines is 1. The highest BCUT2D eigenvalue weighted by Gasteiger charge is 2.12. The molecule has 0 spiro atoms. The Bertz CT molecular complexity index is 594. The van der Waals surface area contributed by atoms with E-state index in [0.29, 0.717) is 12.2 Å². The van der Waals surface area contributed by atoms with E-state index >= 15 is 0 Å². The molecule has 0 fully saturated rings. The van der Waals surface area contributed by atoms with Crippen molar-refractivity contribution >= 4 is 11.7 Å². The van der Waals surface area contributed by atoms with Gasteiger partial charge in [-0.25, -0.2) is 4.79 Å². The van der Waals surface area contributed by atoms with Crippen molar-refractivity contribution in [3.05, 3.63) is 42.2 Å². The van der Waals surface area contributed by atoms with Crippen molar-refractivity contribution < 1.29 is 9.53 Å². The largest absolute Gasteiger partial charge is 0.496 e. The number of aromatic nitrogens is 2. The number of rotatable bonds is 4. The third-order valence-corrected chi connectivity index (χ3v) is 2.90. The van der Waals surface area contributed by atoms with Crippen molar-refractivity contribution in [1.29, 1.82) is 0 Å². The molecule has 2 rings (SSSR count). The number of para-hydroxylation sites is 1. The monoisotopic (exact) mass is 274 g/mol. The van der Waals surface area contributed by atoms with E-state index in [9.17, 15) is 4.79 Å². The highest BCUT2D eigenvalue weighted by Crippen LogP contribution is 2.19. The van der Waals surface area contributed by atoms with Gasteiger partial charge in [-0.3, -0.25) is 4.68 Å². The third-order valence-electron chi connectivity index (χ3n) is 2.90. The molecule has 0 bridgehead atoms. The molecule has 6 heteroatoms. The number of urea groups is 1. The fourth-order valence-corrected chi connectivity index (χ4v) is 1.87. The number of hydrogen-bond donors (Lipinski definition) is 1. The van der Waals surface area contributed by atoms with Crippen LogP contribution in [0.1, 0.15) is 5.56 Å². The molecule has 0 aliphatic heterocycles. The molecule has 106 valence electrons. The molecule has 0 saturated heterocycles. The summed E-state index contributed by atoms with van der Waals surface area (Å²) in [4.78, 5) is 13.7. The smallest absolute Gasteiger partial charge is 0.321 e. The SMILES string of the molecule is COc1ccccc1CN(C)C(=O)Nc1cnn(C)c1. The van der Waals surface area contributed by atoms with Gasteiger partial charge in [-0.1, -0.05) is 18.2 Å². The van der Waals surface area contributed by atoms with Gasteiger partial charge in [-0.2, -0.15) is 5.10 Å². The van der Waals surface area contributed by atoms with Crippen molar-refractivity contribution in [1.82, 2.24) is 14.7 Å². The molecule has 0 aliphatic carbocycles. The number of aryl methyl sites for hydroxylation is 1. The van der Waals surface area contributed by atoms with Crippen molar-refractivity contribution in [2.45, 2.75) is 6.54 Å². The van der Waals surface area contributed by atoms with E-state index in [1.54, 1.807) is 43.2 Å². The first-order valence-electron chi connectivity index (χ1n) is 6.23. The number of hydrogen-bond acceptors (Lipinski definition) is 3. The third kappa shape index (κ3) is 3.28. The van der Waals surface area contributed by atoms with Crippen molar-refractivity contribution in [2.24, 2.45) is 7.05 Å². The van der Waals surface area contributed by atoms with E-state index in [4.69, 9.17) is 4.74 Å². The van der Waals surface area contributed by atoms with Crippen molar-refractivity contribution in [2.75, 3.05) is 19.5 Å². The number of carbonyl (C=O) groups excluding carboxylic acids is 1. The lowest BCUT2D eigenvalue weighted by Crippen LogP contribution is -2.30. The maximum atomic E-state index is 12.1. The summed E-state index contributed by atoms with van der Waals surface area (Å²) < 4.78 is 6.91. The lowest BCUT2D eigenvalue weighted by molar-refractivity contribution is 0.220. The second-order valence-corrected chi connectivity index (χ2v) is 4.50. The molecule has 1 N–H and O–H groups in total. The molecule has 1 heterocycles. The van der Waals surface area contributed by atoms with Gasteiger partial charge in [0.1, 0.15) is 5.75 Å². The second kappa shape index (κ2) is 6.10. The zero-order valence-electron chi connectivity index (χ0n) is 11.8.